The summed E-state index contributed by atoms with van der Waals surface area (Å²) in [6, 6.07) is 1.94. The van der Waals surface area contributed by atoms with Crippen molar-refractivity contribution >= 4 is 11.9 Å². The van der Waals surface area contributed by atoms with E-state index in [0.717, 1.165) is 6.07 Å². The SMILES string of the molecule is Cc1cc(C)c(C(=O)Nc2nnc(C(F)(F)F)o2)c(F)c1. The topological polar surface area (TPSA) is 68.0 Å². The first-order valence-electron chi connectivity index (χ1n) is 5.67. The third-order valence-electron chi connectivity index (χ3n) is 2.55. The van der Waals surface area contributed by atoms with Crippen LogP contribution >= 0.6 is 0 Å². The highest BCUT2D eigenvalue weighted by atomic mass is 19.4. The van der Waals surface area contributed by atoms with Crippen LogP contribution in [0, 0.1) is 19.7 Å². The van der Waals surface area contributed by atoms with E-state index in [9.17, 15) is 22.4 Å². The van der Waals surface area contributed by atoms with Gasteiger partial charge in [-0.05, 0) is 31.0 Å². The molecule has 1 amide bonds. The average Bonchev–Trinajstić information content (AvgIpc) is 2.75. The number of nitrogens with zero attached hydrogens (tertiary/aromatic N) is 2. The number of carbonyl (C=O) groups excluding carboxylic acids is 1. The Morgan fingerprint density at radius 1 is 1.24 bits per heavy atom. The quantitative estimate of drug-likeness (QED) is 0.866. The minimum absolute atomic E-state index is 0.299. The summed E-state index contributed by atoms with van der Waals surface area (Å²) in [6.45, 7) is 3.14. The predicted octanol–water partition coefficient (Wildman–Crippen LogP) is 3.10. The van der Waals surface area contributed by atoms with E-state index >= 15 is 0 Å². The number of hydrogen-bond donors (Lipinski definition) is 1. The van der Waals surface area contributed by atoms with Crippen LogP contribution in [0.15, 0.2) is 16.5 Å². The number of amides is 1. The molecule has 0 unspecified atom stereocenters. The second-order valence-corrected chi connectivity index (χ2v) is 4.30. The highest BCUT2D eigenvalue weighted by molar-refractivity contribution is 6.04. The second kappa shape index (κ2) is 5.15. The summed E-state index contributed by atoms with van der Waals surface area (Å²) in [5, 5.41) is 7.71. The van der Waals surface area contributed by atoms with E-state index in [1.165, 1.54) is 6.92 Å². The molecule has 21 heavy (non-hydrogen) atoms. The van der Waals surface area contributed by atoms with Crippen LogP contribution in [0.2, 0.25) is 0 Å². The van der Waals surface area contributed by atoms with Gasteiger partial charge in [0.1, 0.15) is 5.82 Å². The van der Waals surface area contributed by atoms with Crippen molar-refractivity contribution in [2.75, 3.05) is 5.32 Å². The van der Waals surface area contributed by atoms with Crippen LogP contribution in [-0.4, -0.2) is 16.1 Å². The average molecular weight is 303 g/mol. The van der Waals surface area contributed by atoms with Crippen molar-refractivity contribution in [1.29, 1.82) is 0 Å². The molecule has 0 saturated heterocycles. The molecule has 0 aliphatic rings. The Bertz CT molecular complexity index is 671. The van der Waals surface area contributed by atoms with E-state index in [0.29, 0.717) is 11.1 Å². The number of carbonyl (C=O) groups is 1. The highest BCUT2D eigenvalue weighted by Gasteiger charge is 2.38. The van der Waals surface area contributed by atoms with Gasteiger partial charge < -0.3 is 4.42 Å². The zero-order valence-electron chi connectivity index (χ0n) is 10.9. The molecule has 1 aromatic carbocycles. The Balaban J connectivity index is 2.25. The van der Waals surface area contributed by atoms with Gasteiger partial charge in [0, 0.05) is 0 Å². The largest absolute Gasteiger partial charge is 0.470 e. The van der Waals surface area contributed by atoms with Gasteiger partial charge in [0.2, 0.25) is 0 Å². The Morgan fingerprint density at radius 3 is 2.43 bits per heavy atom. The summed E-state index contributed by atoms with van der Waals surface area (Å²) >= 11 is 0. The van der Waals surface area contributed by atoms with Crippen molar-refractivity contribution in [2.24, 2.45) is 0 Å². The van der Waals surface area contributed by atoms with E-state index in [4.69, 9.17) is 0 Å². The summed E-state index contributed by atoms with van der Waals surface area (Å²) in [6.07, 6.45) is -4.82. The normalized spacial score (nSPS) is 11.5. The molecule has 0 radical (unpaired) electrons. The number of aryl methyl sites for hydroxylation is 2. The molecule has 0 fully saturated rings. The van der Waals surface area contributed by atoms with Crippen LogP contribution < -0.4 is 5.32 Å². The van der Waals surface area contributed by atoms with Crippen LogP contribution in [0.1, 0.15) is 27.4 Å². The van der Waals surface area contributed by atoms with E-state index in [1.807, 2.05) is 5.32 Å². The molecule has 0 aliphatic heterocycles. The van der Waals surface area contributed by atoms with Crippen molar-refractivity contribution in [3.8, 4) is 0 Å². The van der Waals surface area contributed by atoms with Crippen molar-refractivity contribution in [3.05, 3.63) is 40.5 Å². The Hall–Kier alpha value is -2.45. The molecule has 0 saturated carbocycles. The van der Waals surface area contributed by atoms with Crippen molar-refractivity contribution in [1.82, 2.24) is 10.2 Å². The zero-order valence-corrected chi connectivity index (χ0v) is 10.9. The number of benzene rings is 1. The standard InChI is InChI=1S/C12H9F4N3O2/c1-5-3-6(2)8(7(13)4-5)9(20)17-11-19-18-10(21-11)12(14,15)16/h3-4H,1-2H3,(H,17,19,20). The predicted molar refractivity (Wildman–Crippen MR) is 63.1 cm³/mol. The van der Waals surface area contributed by atoms with E-state index in [1.54, 1.807) is 13.0 Å². The fourth-order valence-electron chi connectivity index (χ4n) is 1.75. The monoisotopic (exact) mass is 303 g/mol. The van der Waals surface area contributed by atoms with E-state index in [2.05, 4.69) is 14.6 Å². The fourth-order valence-corrected chi connectivity index (χ4v) is 1.75. The molecular weight excluding hydrogens is 294 g/mol. The molecule has 5 nitrogen and oxygen atoms in total. The lowest BCUT2D eigenvalue weighted by molar-refractivity contribution is -0.156. The minimum atomic E-state index is -4.82. The third kappa shape index (κ3) is 3.18. The molecule has 2 aromatic rings. The van der Waals surface area contributed by atoms with Crippen molar-refractivity contribution < 1.29 is 26.8 Å². The molecule has 9 heteroatoms. The molecule has 112 valence electrons. The van der Waals surface area contributed by atoms with Crippen LogP contribution in [-0.2, 0) is 6.18 Å². The fraction of sp³-hybridized carbons (Fsp3) is 0.250. The third-order valence-corrected chi connectivity index (χ3v) is 2.55. The van der Waals surface area contributed by atoms with Crippen LogP contribution in [0.4, 0.5) is 23.6 Å². The first-order valence-corrected chi connectivity index (χ1v) is 5.67. The van der Waals surface area contributed by atoms with Crippen molar-refractivity contribution in [2.45, 2.75) is 20.0 Å². The minimum Gasteiger partial charge on any atom is -0.399 e. The Morgan fingerprint density at radius 2 is 1.90 bits per heavy atom. The van der Waals surface area contributed by atoms with Gasteiger partial charge in [-0.15, -0.1) is 5.10 Å². The highest BCUT2D eigenvalue weighted by Crippen LogP contribution is 2.29. The van der Waals surface area contributed by atoms with Gasteiger partial charge in [-0.1, -0.05) is 11.2 Å². The lowest BCUT2D eigenvalue weighted by atomic mass is 10.0. The lowest BCUT2D eigenvalue weighted by Crippen LogP contribution is -2.16. The van der Waals surface area contributed by atoms with Gasteiger partial charge in [-0.2, -0.15) is 13.2 Å². The lowest BCUT2D eigenvalue weighted by Gasteiger charge is -2.07. The van der Waals surface area contributed by atoms with Gasteiger partial charge in [0.05, 0.1) is 5.56 Å². The summed E-state index contributed by atoms with van der Waals surface area (Å²) in [4.78, 5) is 11.9. The zero-order chi connectivity index (χ0) is 15.8. The molecule has 2 rings (SSSR count). The van der Waals surface area contributed by atoms with Gasteiger partial charge in [-0.25, -0.2) is 4.39 Å². The van der Waals surface area contributed by atoms with Gasteiger partial charge in [0.15, 0.2) is 0 Å². The number of halogens is 4. The van der Waals surface area contributed by atoms with Gasteiger partial charge >= 0.3 is 18.1 Å². The van der Waals surface area contributed by atoms with Gasteiger partial charge in [0.25, 0.3) is 5.91 Å². The number of anilines is 1. The summed E-state index contributed by atoms with van der Waals surface area (Å²) in [5.74, 6) is -3.36. The number of aromatic nitrogens is 2. The smallest absolute Gasteiger partial charge is 0.399 e. The molecule has 1 N–H and O–H groups in total. The Labute approximate surface area is 116 Å². The first-order chi connectivity index (χ1) is 9.68. The number of hydrogen-bond acceptors (Lipinski definition) is 4. The molecular formula is C12H9F4N3O2. The molecule has 0 atom stereocenters. The van der Waals surface area contributed by atoms with Crippen LogP contribution in [0.25, 0.3) is 0 Å². The molecule has 0 spiro atoms. The van der Waals surface area contributed by atoms with Crippen LogP contribution in [0.3, 0.4) is 0 Å². The first kappa shape index (κ1) is 14.9. The maximum Gasteiger partial charge on any atom is 0.470 e. The summed E-state index contributed by atoms with van der Waals surface area (Å²) in [5.41, 5.74) is 0.645. The molecule has 1 heterocycles. The van der Waals surface area contributed by atoms with Crippen molar-refractivity contribution in [3.63, 3.8) is 0 Å². The number of rotatable bonds is 2. The van der Waals surface area contributed by atoms with Gasteiger partial charge in [-0.3, -0.25) is 10.1 Å². The number of nitrogens with one attached hydrogen (secondary N) is 1. The summed E-state index contributed by atoms with van der Waals surface area (Å²) < 4.78 is 54.8. The van der Waals surface area contributed by atoms with E-state index in [-0.39, 0.29) is 5.56 Å². The second-order valence-electron chi connectivity index (χ2n) is 4.30. The number of alkyl halides is 3. The Kier molecular flexibility index (Phi) is 3.67. The van der Waals surface area contributed by atoms with Crippen LogP contribution in [0.5, 0.6) is 0 Å². The maximum atomic E-state index is 13.8. The molecule has 1 aromatic heterocycles. The van der Waals surface area contributed by atoms with E-state index < -0.39 is 29.8 Å². The summed E-state index contributed by atoms with van der Waals surface area (Å²) in [7, 11) is 0. The molecule has 0 bridgehead atoms. The molecule has 0 aliphatic carbocycles. The maximum absolute atomic E-state index is 13.8.